The molecule has 0 saturated carbocycles. The normalized spacial score (nSPS) is 19.3. The number of hydrogen-bond acceptors (Lipinski definition) is 1. The van der Waals surface area contributed by atoms with Gasteiger partial charge in [0.05, 0.1) is 0 Å². The number of allylic oxidation sites excluding steroid dienone is 10. The van der Waals surface area contributed by atoms with Crippen molar-refractivity contribution in [3.8, 4) is 0 Å². The third-order valence-corrected chi connectivity index (χ3v) is 3.35. The van der Waals surface area contributed by atoms with Gasteiger partial charge in [0, 0.05) is 24.9 Å². The average Bonchev–Trinajstić information content (AvgIpc) is 2.69. The van der Waals surface area contributed by atoms with Gasteiger partial charge in [0.2, 0.25) is 0 Å². The van der Waals surface area contributed by atoms with Crippen LogP contribution in [0.1, 0.15) is 26.7 Å². The minimum Gasteiger partial charge on any atom is -0.348 e. The van der Waals surface area contributed by atoms with Crippen LogP contribution in [0.2, 0.25) is 0 Å². The zero-order valence-corrected chi connectivity index (χ0v) is 11.5. The third-order valence-electron chi connectivity index (χ3n) is 3.35. The Labute approximate surface area is 110 Å². The molecule has 2 aliphatic carbocycles. The highest BCUT2D eigenvalue weighted by Gasteiger charge is 2.08. The molecule has 0 saturated heterocycles. The highest BCUT2D eigenvalue weighted by molar-refractivity contribution is 5.35. The third kappa shape index (κ3) is 3.13. The number of likely N-dealkylation sites (N-methyl/N-ethyl adjacent to an activating group) is 1. The highest BCUT2D eigenvalue weighted by atomic mass is 15.1. The molecule has 0 heterocycles. The van der Waals surface area contributed by atoms with E-state index in [2.05, 4.69) is 74.4 Å². The van der Waals surface area contributed by atoms with Crippen LogP contribution < -0.4 is 0 Å². The lowest BCUT2D eigenvalue weighted by Gasteiger charge is -2.22. The molecular weight excluding hydrogens is 218 g/mol. The fraction of sp³-hybridized carbons (Fsp3) is 0.294. The second kappa shape index (κ2) is 5.72. The summed E-state index contributed by atoms with van der Waals surface area (Å²) >= 11 is 0. The molecule has 0 atom stereocenters. The summed E-state index contributed by atoms with van der Waals surface area (Å²) in [6.45, 7) is 4.28. The number of rotatable bonds is 2. The zero-order chi connectivity index (χ0) is 13.0. The van der Waals surface area contributed by atoms with Gasteiger partial charge >= 0.3 is 0 Å². The maximum Gasteiger partial charge on any atom is 0.0368 e. The molecule has 0 unspecified atom stereocenters. The SMILES string of the molecule is CC1=CC=C(N(C)C2=CCC=C(C)C=C2)CC=C1. The van der Waals surface area contributed by atoms with Crippen LogP contribution in [0.3, 0.4) is 0 Å². The van der Waals surface area contributed by atoms with Crippen LogP contribution in [0.15, 0.2) is 71.1 Å². The first-order chi connectivity index (χ1) is 8.66. The molecule has 0 aromatic carbocycles. The fourth-order valence-corrected chi connectivity index (χ4v) is 2.10. The summed E-state index contributed by atoms with van der Waals surface area (Å²) in [5.74, 6) is 0. The molecule has 0 N–H and O–H groups in total. The molecule has 94 valence electrons. The molecule has 2 rings (SSSR count). The predicted octanol–water partition coefficient (Wildman–Crippen LogP) is 4.50. The fourth-order valence-electron chi connectivity index (χ4n) is 2.10. The van der Waals surface area contributed by atoms with E-state index in [4.69, 9.17) is 0 Å². The standard InChI is InChI=1S/C17H21N/c1-14-6-4-8-16(12-10-14)18(3)17-9-5-7-15(2)11-13-17/h4,6-7,9-13H,5,8H2,1-3H3. The van der Waals surface area contributed by atoms with Crippen LogP contribution in [-0.4, -0.2) is 11.9 Å². The first-order valence-corrected chi connectivity index (χ1v) is 6.49. The van der Waals surface area contributed by atoms with Gasteiger partial charge in [-0.25, -0.2) is 0 Å². The topological polar surface area (TPSA) is 3.24 Å². The van der Waals surface area contributed by atoms with E-state index in [1.165, 1.54) is 22.5 Å². The smallest absolute Gasteiger partial charge is 0.0368 e. The second-order valence-corrected chi connectivity index (χ2v) is 4.88. The molecule has 0 amide bonds. The van der Waals surface area contributed by atoms with Crippen molar-refractivity contribution in [1.29, 1.82) is 0 Å². The molecule has 0 fully saturated rings. The lowest BCUT2D eigenvalue weighted by Crippen LogP contribution is -2.15. The quantitative estimate of drug-likeness (QED) is 0.686. The summed E-state index contributed by atoms with van der Waals surface area (Å²) in [5.41, 5.74) is 5.25. The van der Waals surface area contributed by atoms with Crippen molar-refractivity contribution in [2.45, 2.75) is 26.7 Å². The van der Waals surface area contributed by atoms with Gasteiger partial charge in [-0.15, -0.1) is 0 Å². The van der Waals surface area contributed by atoms with Crippen LogP contribution in [0.4, 0.5) is 0 Å². The first kappa shape index (κ1) is 12.7. The first-order valence-electron chi connectivity index (χ1n) is 6.49. The van der Waals surface area contributed by atoms with Gasteiger partial charge in [0.15, 0.2) is 0 Å². The van der Waals surface area contributed by atoms with Gasteiger partial charge in [0.25, 0.3) is 0 Å². The molecule has 0 radical (unpaired) electrons. The maximum atomic E-state index is 2.28. The summed E-state index contributed by atoms with van der Waals surface area (Å²) in [4.78, 5) is 2.28. The molecule has 0 spiro atoms. The van der Waals surface area contributed by atoms with Gasteiger partial charge in [-0.2, -0.15) is 0 Å². The molecule has 0 aliphatic heterocycles. The van der Waals surface area contributed by atoms with E-state index in [-0.39, 0.29) is 0 Å². The number of hydrogen-bond donors (Lipinski definition) is 0. The molecule has 2 aliphatic rings. The minimum atomic E-state index is 0.988. The Hall–Kier alpha value is -1.76. The Morgan fingerprint density at radius 3 is 2.61 bits per heavy atom. The van der Waals surface area contributed by atoms with Crippen LogP contribution in [0.25, 0.3) is 0 Å². The lowest BCUT2D eigenvalue weighted by molar-refractivity contribution is 0.523. The Kier molecular flexibility index (Phi) is 4.03. The van der Waals surface area contributed by atoms with Crippen molar-refractivity contribution in [3.63, 3.8) is 0 Å². The van der Waals surface area contributed by atoms with Gasteiger partial charge in [-0.05, 0) is 32.4 Å². The monoisotopic (exact) mass is 239 g/mol. The maximum absolute atomic E-state index is 2.28. The zero-order valence-electron chi connectivity index (χ0n) is 11.5. The van der Waals surface area contributed by atoms with Crippen molar-refractivity contribution < 1.29 is 0 Å². The van der Waals surface area contributed by atoms with Gasteiger partial charge in [-0.1, -0.05) is 47.6 Å². The van der Waals surface area contributed by atoms with E-state index in [0.29, 0.717) is 0 Å². The van der Waals surface area contributed by atoms with E-state index in [1.807, 2.05) is 0 Å². The number of nitrogens with zero attached hydrogens (tertiary/aromatic N) is 1. The van der Waals surface area contributed by atoms with Crippen molar-refractivity contribution in [1.82, 2.24) is 4.90 Å². The van der Waals surface area contributed by atoms with Crippen molar-refractivity contribution >= 4 is 0 Å². The van der Waals surface area contributed by atoms with Crippen molar-refractivity contribution in [2.75, 3.05) is 7.05 Å². The van der Waals surface area contributed by atoms with Crippen molar-refractivity contribution in [3.05, 3.63) is 71.1 Å². The van der Waals surface area contributed by atoms with Crippen LogP contribution in [-0.2, 0) is 0 Å². The summed E-state index contributed by atoms with van der Waals surface area (Å²) in [7, 11) is 2.14. The van der Waals surface area contributed by atoms with Gasteiger partial charge in [0.1, 0.15) is 0 Å². The van der Waals surface area contributed by atoms with E-state index < -0.39 is 0 Å². The predicted molar refractivity (Wildman–Crippen MR) is 79.0 cm³/mol. The molecule has 0 aromatic rings. The molecule has 0 bridgehead atoms. The summed E-state index contributed by atoms with van der Waals surface area (Å²) in [6, 6.07) is 0. The highest BCUT2D eigenvalue weighted by Crippen LogP contribution is 2.21. The second-order valence-electron chi connectivity index (χ2n) is 4.88. The molecular formula is C17H21N. The lowest BCUT2D eigenvalue weighted by atomic mass is 10.2. The minimum absolute atomic E-state index is 0.988. The summed E-state index contributed by atoms with van der Waals surface area (Å²) in [6.07, 6.45) is 19.7. The largest absolute Gasteiger partial charge is 0.348 e. The van der Waals surface area contributed by atoms with Crippen LogP contribution >= 0.6 is 0 Å². The van der Waals surface area contributed by atoms with E-state index in [9.17, 15) is 0 Å². The molecule has 18 heavy (non-hydrogen) atoms. The summed E-state index contributed by atoms with van der Waals surface area (Å²) in [5, 5.41) is 0. The van der Waals surface area contributed by atoms with E-state index in [0.717, 1.165) is 12.8 Å². The Morgan fingerprint density at radius 2 is 1.78 bits per heavy atom. The van der Waals surface area contributed by atoms with Gasteiger partial charge in [-0.3, -0.25) is 0 Å². The van der Waals surface area contributed by atoms with E-state index >= 15 is 0 Å². The Bertz CT molecular complexity index is 496. The molecule has 1 heteroatoms. The van der Waals surface area contributed by atoms with E-state index in [1.54, 1.807) is 0 Å². The van der Waals surface area contributed by atoms with Gasteiger partial charge < -0.3 is 4.90 Å². The van der Waals surface area contributed by atoms with Crippen LogP contribution in [0.5, 0.6) is 0 Å². The Morgan fingerprint density at radius 1 is 0.944 bits per heavy atom. The van der Waals surface area contributed by atoms with Crippen LogP contribution in [0, 0.1) is 0 Å². The van der Waals surface area contributed by atoms with Crippen molar-refractivity contribution in [2.24, 2.45) is 0 Å². The summed E-state index contributed by atoms with van der Waals surface area (Å²) < 4.78 is 0. The molecule has 0 aromatic heterocycles. The molecule has 1 nitrogen and oxygen atoms in total. The Balaban J connectivity index is 2.18. The average molecular weight is 239 g/mol.